The Morgan fingerprint density at radius 3 is 1.96 bits per heavy atom. The monoisotopic (exact) mass is 396 g/mol. The van der Waals surface area contributed by atoms with Gasteiger partial charge in [0, 0.05) is 11.9 Å². The van der Waals surface area contributed by atoms with E-state index in [0.717, 1.165) is 5.56 Å². The number of benzene rings is 3. The summed E-state index contributed by atoms with van der Waals surface area (Å²) in [5, 5.41) is 0.657. The Kier molecular flexibility index (Phi) is 6.22. The second kappa shape index (κ2) is 8.81. The fraction of sp³-hybridized carbons (Fsp3) is 0.174. The first-order chi connectivity index (χ1) is 13.4. The number of rotatable bonds is 7. The number of halogens is 1. The third kappa shape index (κ3) is 5.27. The molecule has 0 radical (unpaired) electrons. The van der Waals surface area contributed by atoms with E-state index in [1.54, 1.807) is 24.3 Å². The summed E-state index contributed by atoms with van der Waals surface area (Å²) < 4.78 is 17.3. The SMILES string of the molecule is CC(=O)OCC(C)(Oc1ccc(Oc2ccc(Cl)cc2)cc1)c1ccccc1. The van der Waals surface area contributed by atoms with Gasteiger partial charge in [0.25, 0.3) is 0 Å². The molecule has 0 bridgehead atoms. The highest BCUT2D eigenvalue weighted by Gasteiger charge is 2.30. The van der Waals surface area contributed by atoms with Gasteiger partial charge in [-0.25, -0.2) is 0 Å². The molecule has 4 nitrogen and oxygen atoms in total. The lowest BCUT2D eigenvalue weighted by molar-refractivity contribution is -0.147. The van der Waals surface area contributed by atoms with E-state index in [0.29, 0.717) is 22.3 Å². The van der Waals surface area contributed by atoms with Crippen molar-refractivity contribution in [1.82, 2.24) is 0 Å². The smallest absolute Gasteiger partial charge is 0.302 e. The summed E-state index contributed by atoms with van der Waals surface area (Å²) in [6.07, 6.45) is 0. The van der Waals surface area contributed by atoms with Gasteiger partial charge in [0.15, 0.2) is 5.60 Å². The Morgan fingerprint density at radius 2 is 1.39 bits per heavy atom. The number of esters is 1. The molecule has 0 aliphatic carbocycles. The molecule has 0 saturated heterocycles. The molecule has 0 aliphatic heterocycles. The van der Waals surface area contributed by atoms with Crippen LogP contribution in [0.4, 0.5) is 0 Å². The number of hydrogen-bond donors (Lipinski definition) is 0. The number of carbonyl (C=O) groups excluding carboxylic acids is 1. The minimum atomic E-state index is -0.814. The predicted octanol–water partition coefficient (Wildman–Crippen LogP) is 5.99. The van der Waals surface area contributed by atoms with Crippen molar-refractivity contribution in [3.8, 4) is 17.2 Å². The Balaban J connectivity index is 1.75. The van der Waals surface area contributed by atoms with Crippen molar-refractivity contribution in [3.63, 3.8) is 0 Å². The highest BCUT2D eigenvalue weighted by molar-refractivity contribution is 6.30. The minimum Gasteiger partial charge on any atom is -0.479 e. The van der Waals surface area contributed by atoms with Gasteiger partial charge in [-0.1, -0.05) is 41.9 Å². The van der Waals surface area contributed by atoms with E-state index in [2.05, 4.69) is 0 Å². The first-order valence-corrected chi connectivity index (χ1v) is 9.24. The third-order valence-corrected chi connectivity index (χ3v) is 4.40. The predicted molar refractivity (Wildman–Crippen MR) is 109 cm³/mol. The van der Waals surface area contributed by atoms with Crippen LogP contribution in [0.25, 0.3) is 0 Å². The molecule has 0 saturated carbocycles. The van der Waals surface area contributed by atoms with E-state index in [-0.39, 0.29) is 12.6 Å². The van der Waals surface area contributed by atoms with Crippen molar-refractivity contribution >= 4 is 17.6 Å². The van der Waals surface area contributed by atoms with Crippen molar-refractivity contribution in [2.24, 2.45) is 0 Å². The van der Waals surface area contributed by atoms with Gasteiger partial charge in [-0.3, -0.25) is 4.79 Å². The summed E-state index contributed by atoms with van der Waals surface area (Å²) in [5.74, 6) is 1.66. The number of hydrogen-bond acceptors (Lipinski definition) is 4. The van der Waals surface area contributed by atoms with Crippen LogP contribution in [0.3, 0.4) is 0 Å². The normalized spacial score (nSPS) is 12.7. The van der Waals surface area contributed by atoms with Crippen molar-refractivity contribution < 1.29 is 19.0 Å². The largest absolute Gasteiger partial charge is 0.479 e. The van der Waals surface area contributed by atoms with Gasteiger partial charge in [-0.2, -0.15) is 0 Å². The van der Waals surface area contributed by atoms with Gasteiger partial charge >= 0.3 is 5.97 Å². The highest BCUT2D eigenvalue weighted by atomic mass is 35.5. The van der Waals surface area contributed by atoms with Crippen LogP contribution in [0.15, 0.2) is 78.9 Å². The van der Waals surface area contributed by atoms with Gasteiger partial charge in [0.1, 0.15) is 23.9 Å². The third-order valence-electron chi connectivity index (χ3n) is 4.15. The quantitative estimate of drug-likeness (QED) is 0.460. The summed E-state index contributed by atoms with van der Waals surface area (Å²) in [6.45, 7) is 3.38. The Labute approximate surface area is 169 Å². The maximum atomic E-state index is 11.3. The Bertz CT molecular complexity index is 908. The van der Waals surface area contributed by atoms with Crippen molar-refractivity contribution in [3.05, 3.63) is 89.4 Å². The zero-order chi connectivity index (χ0) is 20.0. The zero-order valence-corrected chi connectivity index (χ0v) is 16.5. The van der Waals surface area contributed by atoms with Crippen LogP contribution in [0, 0.1) is 0 Å². The lowest BCUT2D eigenvalue weighted by Gasteiger charge is -2.30. The highest BCUT2D eigenvalue weighted by Crippen LogP contribution is 2.31. The molecule has 0 spiro atoms. The van der Waals surface area contributed by atoms with E-state index < -0.39 is 5.60 Å². The molecule has 3 rings (SSSR count). The van der Waals surface area contributed by atoms with Gasteiger partial charge in [0.05, 0.1) is 0 Å². The van der Waals surface area contributed by atoms with Crippen molar-refractivity contribution in [2.45, 2.75) is 19.4 Å². The maximum Gasteiger partial charge on any atom is 0.302 e. The van der Waals surface area contributed by atoms with E-state index in [4.69, 9.17) is 25.8 Å². The zero-order valence-electron chi connectivity index (χ0n) is 15.7. The molecule has 0 fully saturated rings. The molecule has 0 heterocycles. The van der Waals surface area contributed by atoms with E-state index in [1.165, 1.54) is 6.92 Å². The molecule has 0 aromatic heterocycles. The van der Waals surface area contributed by atoms with Gasteiger partial charge in [0.2, 0.25) is 0 Å². The van der Waals surface area contributed by atoms with Crippen LogP contribution < -0.4 is 9.47 Å². The Hall–Kier alpha value is -2.98. The average molecular weight is 397 g/mol. The van der Waals surface area contributed by atoms with E-state index in [9.17, 15) is 4.79 Å². The fourth-order valence-electron chi connectivity index (χ4n) is 2.68. The van der Waals surface area contributed by atoms with Crippen LogP contribution in [-0.4, -0.2) is 12.6 Å². The lowest BCUT2D eigenvalue weighted by atomic mass is 9.96. The van der Waals surface area contributed by atoms with E-state index >= 15 is 0 Å². The summed E-state index contributed by atoms with van der Waals surface area (Å²) in [6, 6.07) is 24.1. The van der Waals surface area contributed by atoms with Gasteiger partial charge < -0.3 is 14.2 Å². The van der Waals surface area contributed by atoms with Gasteiger partial charge in [-0.05, 0) is 61.0 Å². The average Bonchev–Trinajstić information content (AvgIpc) is 2.70. The molecular weight excluding hydrogens is 376 g/mol. The standard InChI is InChI=1S/C23H21ClO4/c1-17(25)26-16-23(2,18-6-4-3-5-7-18)28-22-14-12-21(13-15-22)27-20-10-8-19(24)9-11-20/h3-15H,16H2,1-2H3. The summed E-state index contributed by atoms with van der Waals surface area (Å²) in [5.41, 5.74) is 0.101. The second-order valence-electron chi connectivity index (χ2n) is 6.51. The molecule has 5 heteroatoms. The topological polar surface area (TPSA) is 44.8 Å². The molecule has 1 atom stereocenters. The lowest BCUT2D eigenvalue weighted by Crippen LogP contribution is -2.35. The van der Waals surface area contributed by atoms with Crippen molar-refractivity contribution in [2.75, 3.05) is 6.61 Å². The molecule has 0 aliphatic rings. The Morgan fingerprint density at radius 1 is 0.857 bits per heavy atom. The summed E-state index contributed by atoms with van der Waals surface area (Å²) in [4.78, 5) is 11.3. The second-order valence-corrected chi connectivity index (χ2v) is 6.94. The molecule has 144 valence electrons. The van der Waals surface area contributed by atoms with Crippen LogP contribution in [0.1, 0.15) is 19.4 Å². The summed E-state index contributed by atoms with van der Waals surface area (Å²) in [7, 11) is 0. The van der Waals surface area contributed by atoms with Crippen LogP contribution in [0.5, 0.6) is 17.2 Å². The van der Waals surface area contributed by atoms with Crippen molar-refractivity contribution in [1.29, 1.82) is 0 Å². The van der Waals surface area contributed by atoms with Gasteiger partial charge in [-0.15, -0.1) is 0 Å². The molecule has 3 aromatic rings. The molecule has 0 N–H and O–H groups in total. The first kappa shape index (κ1) is 19.8. The molecule has 1 unspecified atom stereocenters. The minimum absolute atomic E-state index is 0.107. The number of carbonyl (C=O) groups is 1. The van der Waals surface area contributed by atoms with Crippen LogP contribution >= 0.6 is 11.6 Å². The maximum absolute atomic E-state index is 11.3. The molecule has 0 amide bonds. The summed E-state index contributed by atoms with van der Waals surface area (Å²) >= 11 is 5.89. The first-order valence-electron chi connectivity index (χ1n) is 8.86. The molecule has 28 heavy (non-hydrogen) atoms. The fourth-order valence-corrected chi connectivity index (χ4v) is 2.80. The number of ether oxygens (including phenoxy) is 3. The molecular formula is C23H21ClO4. The van der Waals surface area contributed by atoms with Crippen LogP contribution in [-0.2, 0) is 15.1 Å². The van der Waals surface area contributed by atoms with Crippen LogP contribution in [0.2, 0.25) is 5.02 Å². The molecule has 3 aromatic carbocycles. The van der Waals surface area contributed by atoms with E-state index in [1.807, 2.05) is 61.5 Å².